The lowest BCUT2D eigenvalue weighted by atomic mass is 10.1. The number of hydrogen-bond donors (Lipinski definition) is 2. The smallest absolute Gasteiger partial charge is 0.313 e. The van der Waals surface area contributed by atoms with Crippen LogP contribution in [0.15, 0.2) is 27.8 Å². The van der Waals surface area contributed by atoms with Crippen LogP contribution in [0.25, 0.3) is 11.4 Å². The molecule has 7 heteroatoms. The summed E-state index contributed by atoms with van der Waals surface area (Å²) in [5.74, 6) is -0.291. The number of aryl methyl sites for hydroxylation is 1. The Morgan fingerprint density at radius 3 is 3.00 bits per heavy atom. The van der Waals surface area contributed by atoms with E-state index in [-0.39, 0.29) is 5.75 Å². The number of carboxylic acids is 1. The quantitative estimate of drug-likeness (QED) is 0.844. The van der Waals surface area contributed by atoms with Gasteiger partial charge >= 0.3 is 5.97 Å². The lowest BCUT2D eigenvalue weighted by Gasteiger charge is -2.00. The van der Waals surface area contributed by atoms with Gasteiger partial charge in [-0.2, -0.15) is 0 Å². The molecule has 0 fully saturated rings. The number of rotatable bonds is 4. The van der Waals surface area contributed by atoms with E-state index in [0.29, 0.717) is 11.0 Å². The third-order valence-corrected chi connectivity index (χ3v) is 3.94. The van der Waals surface area contributed by atoms with E-state index in [9.17, 15) is 4.79 Å². The van der Waals surface area contributed by atoms with E-state index in [1.807, 2.05) is 25.1 Å². The first-order valence-electron chi connectivity index (χ1n) is 5.10. The van der Waals surface area contributed by atoms with Crippen molar-refractivity contribution in [3.8, 4) is 11.4 Å². The maximum Gasteiger partial charge on any atom is 0.313 e. The Hall–Kier alpha value is -1.34. The van der Waals surface area contributed by atoms with Gasteiger partial charge in [-0.05, 0) is 24.6 Å². The van der Waals surface area contributed by atoms with Gasteiger partial charge in [0.15, 0.2) is 5.82 Å². The summed E-state index contributed by atoms with van der Waals surface area (Å²) >= 11 is 4.52. The van der Waals surface area contributed by atoms with E-state index >= 15 is 0 Å². The largest absolute Gasteiger partial charge is 0.481 e. The molecule has 0 unspecified atom stereocenters. The summed E-state index contributed by atoms with van der Waals surface area (Å²) < 4.78 is 1.03. The summed E-state index contributed by atoms with van der Waals surface area (Å²) in [6, 6.07) is 5.84. The van der Waals surface area contributed by atoms with Crippen molar-refractivity contribution in [1.82, 2.24) is 15.2 Å². The summed E-state index contributed by atoms with van der Waals surface area (Å²) in [6.07, 6.45) is 0. The molecule has 0 bridgehead atoms. The predicted molar refractivity (Wildman–Crippen MR) is 72.6 cm³/mol. The van der Waals surface area contributed by atoms with Crippen molar-refractivity contribution in [2.24, 2.45) is 0 Å². The molecule has 0 atom stereocenters. The molecule has 0 amide bonds. The number of halogens is 1. The highest BCUT2D eigenvalue weighted by molar-refractivity contribution is 9.10. The zero-order valence-electron chi connectivity index (χ0n) is 9.48. The van der Waals surface area contributed by atoms with Gasteiger partial charge < -0.3 is 5.11 Å². The average molecular weight is 328 g/mol. The first kappa shape index (κ1) is 13.1. The Kier molecular flexibility index (Phi) is 4.03. The van der Waals surface area contributed by atoms with Gasteiger partial charge in [-0.15, -0.1) is 5.10 Å². The number of nitrogens with zero attached hydrogens (tertiary/aromatic N) is 2. The van der Waals surface area contributed by atoms with Crippen molar-refractivity contribution in [2.75, 3.05) is 5.75 Å². The molecule has 2 aromatic rings. The topological polar surface area (TPSA) is 78.9 Å². The fourth-order valence-electron chi connectivity index (χ4n) is 1.36. The molecule has 0 saturated heterocycles. The maximum absolute atomic E-state index is 10.4. The number of aliphatic carboxylic acids is 1. The molecule has 1 aromatic heterocycles. The maximum atomic E-state index is 10.4. The second-order valence-corrected chi connectivity index (χ2v) is 5.41. The van der Waals surface area contributed by atoms with Gasteiger partial charge in [-0.3, -0.25) is 9.89 Å². The van der Waals surface area contributed by atoms with Crippen molar-refractivity contribution < 1.29 is 9.90 Å². The van der Waals surface area contributed by atoms with Gasteiger partial charge in [0.1, 0.15) is 0 Å². The van der Waals surface area contributed by atoms with Crippen molar-refractivity contribution >= 4 is 33.7 Å². The monoisotopic (exact) mass is 327 g/mol. The zero-order valence-corrected chi connectivity index (χ0v) is 11.9. The van der Waals surface area contributed by atoms with Crippen LogP contribution in [-0.4, -0.2) is 32.0 Å². The minimum atomic E-state index is -0.883. The fraction of sp³-hybridized carbons (Fsp3) is 0.182. The molecule has 0 radical (unpaired) electrons. The van der Waals surface area contributed by atoms with E-state index in [4.69, 9.17) is 5.11 Å². The molecule has 0 saturated carbocycles. The lowest BCUT2D eigenvalue weighted by Crippen LogP contribution is -1.97. The van der Waals surface area contributed by atoms with Crippen LogP contribution in [0.4, 0.5) is 0 Å². The predicted octanol–water partition coefficient (Wildman–Crippen LogP) is 2.72. The SMILES string of the molecule is Cc1cc(-c2nc(SCC(=O)O)n[nH]2)ccc1Br. The molecular weight excluding hydrogens is 318 g/mol. The molecule has 1 aromatic carbocycles. The van der Waals surface area contributed by atoms with Gasteiger partial charge in [-0.25, -0.2) is 4.98 Å². The number of nitrogens with one attached hydrogen (secondary N) is 1. The molecule has 94 valence electrons. The number of thioether (sulfide) groups is 1. The van der Waals surface area contributed by atoms with Crippen molar-refractivity contribution in [3.63, 3.8) is 0 Å². The van der Waals surface area contributed by atoms with Crippen LogP contribution >= 0.6 is 27.7 Å². The lowest BCUT2D eigenvalue weighted by molar-refractivity contribution is -0.133. The molecule has 1 heterocycles. The zero-order chi connectivity index (χ0) is 13.1. The van der Waals surface area contributed by atoms with E-state index < -0.39 is 5.97 Å². The number of carboxylic acid groups (broad SMARTS) is 1. The van der Waals surface area contributed by atoms with Gasteiger partial charge in [0, 0.05) is 10.0 Å². The second-order valence-electron chi connectivity index (χ2n) is 3.61. The van der Waals surface area contributed by atoms with E-state index in [0.717, 1.165) is 27.4 Å². The molecule has 18 heavy (non-hydrogen) atoms. The van der Waals surface area contributed by atoms with Crippen LogP contribution in [0.2, 0.25) is 0 Å². The molecule has 0 aliphatic rings. The Morgan fingerprint density at radius 1 is 1.56 bits per heavy atom. The minimum absolute atomic E-state index is 0.0450. The van der Waals surface area contributed by atoms with Gasteiger partial charge in [-0.1, -0.05) is 33.8 Å². The normalized spacial score (nSPS) is 10.6. The number of hydrogen-bond acceptors (Lipinski definition) is 4. The molecule has 0 aliphatic carbocycles. The van der Waals surface area contributed by atoms with Crippen molar-refractivity contribution in [1.29, 1.82) is 0 Å². The Morgan fingerprint density at radius 2 is 2.33 bits per heavy atom. The third kappa shape index (κ3) is 3.11. The number of carbonyl (C=O) groups is 1. The molecule has 2 N–H and O–H groups in total. The average Bonchev–Trinajstić information content (AvgIpc) is 2.79. The van der Waals surface area contributed by atoms with Crippen LogP contribution in [-0.2, 0) is 4.79 Å². The minimum Gasteiger partial charge on any atom is -0.481 e. The molecule has 0 spiro atoms. The molecular formula is C11H10BrN3O2S. The number of aromatic amines is 1. The first-order valence-corrected chi connectivity index (χ1v) is 6.87. The fourth-order valence-corrected chi connectivity index (χ4v) is 2.12. The van der Waals surface area contributed by atoms with Crippen LogP contribution in [0.5, 0.6) is 0 Å². The Bertz CT molecular complexity index is 585. The highest BCUT2D eigenvalue weighted by atomic mass is 79.9. The van der Waals surface area contributed by atoms with Gasteiger partial charge in [0.25, 0.3) is 0 Å². The Balaban J connectivity index is 2.18. The molecule has 0 aliphatic heterocycles. The summed E-state index contributed by atoms with van der Waals surface area (Å²) in [5.41, 5.74) is 2.02. The summed E-state index contributed by atoms with van der Waals surface area (Å²) in [5, 5.41) is 15.8. The van der Waals surface area contributed by atoms with Gasteiger partial charge in [0.05, 0.1) is 5.75 Å². The third-order valence-electron chi connectivity index (χ3n) is 2.22. The highest BCUT2D eigenvalue weighted by Crippen LogP contribution is 2.24. The molecule has 5 nitrogen and oxygen atoms in total. The van der Waals surface area contributed by atoms with Crippen LogP contribution in [0.3, 0.4) is 0 Å². The summed E-state index contributed by atoms with van der Waals surface area (Å²) in [4.78, 5) is 14.7. The summed E-state index contributed by atoms with van der Waals surface area (Å²) in [6.45, 7) is 1.99. The van der Waals surface area contributed by atoms with E-state index in [2.05, 4.69) is 31.1 Å². The second kappa shape index (κ2) is 5.53. The van der Waals surface area contributed by atoms with E-state index in [1.165, 1.54) is 0 Å². The highest BCUT2D eigenvalue weighted by Gasteiger charge is 2.08. The number of H-pyrrole nitrogens is 1. The van der Waals surface area contributed by atoms with E-state index in [1.54, 1.807) is 0 Å². The summed E-state index contributed by atoms with van der Waals surface area (Å²) in [7, 11) is 0. The first-order chi connectivity index (χ1) is 8.56. The Labute approximate surface area is 116 Å². The van der Waals surface area contributed by atoms with Crippen LogP contribution in [0, 0.1) is 6.92 Å². The molecule has 2 rings (SSSR count). The standard InChI is InChI=1S/C11H10BrN3O2S/c1-6-4-7(2-3-8(6)12)10-13-11(15-14-10)18-5-9(16)17/h2-4H,5H2,1H3,(H,16,17)(H,13,14,15). The van der Waals surface area contributed by atoms with Crippen molar-refractivity contribution in [2.45, 2.75) is 12.1 Å². The van der Waals surface area contributed by atoms with Crippen LogP contribution < -0.4 is 0 Å². The van der Waals surface area contributed by atoms with Gasteiger partial charge in [0.2, 0.25) is 5.16 Å². The number of aromatic nitrogens is 3. The van der Waals surface area contributed by atoms with Crippen LogP contribution in [0.1, 0.15) is 5.56 Å². The number of benzene rings is 1. The van der Waals surface area contributed by atoms with Crippen molar-refractivity contribution in [3.05, 3.63) is 28.2 Å².